The molecule has 2 aromatic carbocycles. The average Bonchev–Trinajstić information content (AvgIpc) is 2.94. The van der Waals surface area contributed by atoms with Crippen molar-refractivity contribution >= 4 is 0 Å². The van der Waals surface area contributed by atoms with Crippen LogP contribution < -0.4 is 4.74 Å². The lowest BCUT2D eigenvalue weighted by molar-refractivity contribution is 0.238. The number of nitriles is 1. The summed E-state index contributed by atoms with van der Waals surface area (Å²) in [5.74, 6) is 0.777. The molecule has 0 saturated heterocycles. The Morgan fingerprint density at radius 2 is 1.81 bits per heavy atom. The second-order valence-electron chi connectivity index (χ2n) is 5.32. The Labute approximate surface area is 125 Å². The molecule has 0 saturated carbocycles. The van der Waals surface area contributed by atoms with E-state index in [0.717, 1.165) is 31.8 Å². The van der Waals surface area contributed by atoms with Gasteiger partial charge in [0.2, 0.25) is 0 Å². The van der Waals surface area contributed by atoms with Crippen molar-refractivity contribution in [3.05, 3.63) is 65.2 Å². The van der Waals surface area contributed by atoms with Crippen molar-refractivity contribution in [1.82, 2.24) is 4.90 Å². The van der Waals surface area contributed by atoms with Crippen LogP contribution in [0.3, 0.4) is 0 Å². The van der Waals surface area contributed by atoms with Gasteiger partial charge in [0.05, 0.1) is 18.2 Å². The molecule has 1 aliphatic heterocycles. The summed E-state index contributed by atoms with van der Waals surface area (Å²) < 4.78 is 5.71. The number of rotatable bonds is 5. The number of benzene rings is 2. The fourth-order valence-electron chi connectivity index (χ4n) is 2.70. The molecule has 0 aliphatic carbocycles. The van der Waals surface area contributed by atoms with Crippen LogP contribution in [0.25, 0.3) is 0 Å². The summed E-state index contributed by atoms with van der Waals surface area (Å²) >= 11 is 0. The molecule has 21 heavy (non-hydrogen) atoms. The van der Waals surface area contributed by atoms with E-state index >= 15 is 0 Å². The highest BCUT2D eigenvalue weighted by molar-refractivity contribution is 5.36. The fraction of sp³-hybridized carbons (Fsp3) is 0.278. The van der Waals surface area contributed by atoms with E-state index in [1.165, 1.54) is 11.1 Å². The van der Waals surface area contributed by atoms with Crippen LogP contribution in [0.1, 0.15) is 23.1 Å². The highest BCUT2D eigenvalue weighted by Gasteiger charge is 2.17. The molecule has 3 nitrogen and oxygen atoms in total. The highest BCUT2D eigenvalue weighted by atomic mass is 16.5. The van der Waals surface area contributed by atoms with Gasteiger partial charge in [-0.3, -0.25) is 4.90 Å². The predicted octanol–water partition coefficient (Wildman–Crippen LogP) is 3.34. The summed E-state index contributed by atoms with van der Waals surface area (Å²) in [6.07, 6.45) is 0.991. The third kappa shape index (κ3) is 3.42. The molecule has 0 amide bonds. The van der Waals surface area contributed by atoms with E-state index in [1.54, 1.807) is 12.1 Å². The number of hydrogen-bond acceptors (Lipinski definition) is 3. The van der Waals surface area contributed by atoms with Gasteiger partial charge in [-0.05, 0) is 35.7 Å². The van der Waals surface area contributed by atoms with Gasteiger partial charge in [-0.2, -0.15) is 5.26 Å². The zero-order chi connectivity index (χ0) is 14.5. The number of fused-ring (bicyclic) bond motifs is 1. The molecule has 2 aromatic rings. The standard InChI is InChI=1S/C18H18N2O/c19-12-15-5-3-8-18(11-15)21-10-4-9-20-13-16-6-1-2-7-17(16)14-20/h1-3,5-8,11H,4,9-10,13-14H2. The number of nitrogens with zero attached hydrogens (tertiary/aromatic N) is 2. The molecule has 0 radical (unpaired) electrons. The maximum atomic E-state index is 8.85. The third-order valence-electron chi connectivity index (χ3n) is 3.76. The van der Waals surface area contributed by atoms with Gasteiger partial charge in [-0.1, -0.05) is 30.3 Å². The van der Waals surface area contributed by atoms with E-state index in [0.29, 0.717) is 12.2 Å². The minimum absolute atomic E-state index is 0.641. The largest absolute Gasteiger partial charge is 0.494 e. The van der Waals surface area contributed by atoms with Gasteiger partial charge >= 0.3 is 0 Å². The molecule has 1 heterocycles. The van der Waals surface area contributed by atoms with Crippen molar-refractivity contribution in [3.8, 4) is 11.8 Å². The van der Waals surface area contributed by atoms with Crippen LogP contribution in [-0.4, -0.2) is 18.1 Å². The zero-order valence-corrected chi connectivity index (χ0v) is 12.0. The van der Waals surface area contributed by atoms with E-state index in [9.17, 15) is 0 Å². The minimum atomic E-state index is 0.641. The van der Waals surface area contributed by atoms with E-state index in [2.05, 4.69) is 35.2 Å². The molecule has 3 rings (SSSR count). The Morgan fingerprint density at radius 3 is 2.52 bits per heavy atom. The van der Waals surface area contributed by atoms with Gasteiger partial charge < -0.3 is 4.74 Å². The maximum absolute atomic E-state index is 8.85. The third-order valence-corrected chi connectivity index (χ3v) is 3.76. The van der Waals surface area contributed by atoms with Crippen molar-refractivity contribution in [2.45, 2.75) is 19.5 Å². The number of hydrogen-bond donors (Lipinski definition) is 0. The molecule has 0 fully saturated rings. The lowest BCUT2D eigenvalue weighted by Crippen LogP contribution is -2.19. The normalized spacial score (nSPS) is 13.7. The van der Waals surface area contributed by atoms with Gasteiger partial charge in [0.25, 0.3) is 0 Å². The molecule has 0 N–H and O–H groups in total. The summed E-state index contributed by atoms with van der Waals surface area (Å²) in [6, 6.07) is 18.1. The van der Waals surface area contributed by atoms with E-state index in [-0.39, 0.29) is 0 Å². The van der Waals surface area contributed by atoms with Crippen molar-refractivity contribution in [2.24, 2.45) is 0 Å². The van der Waals surface area contributed by atoms with Crippen molar-refractivity contribution in [3.63, 3.8) is 0 Å². The first-order valence-electron chi connectivity index (χ1n) is 7.27. The van der Waals surface area contributed by atoms with E-state index in [1.807, 2.05) is 12.1 Å². The Balaban J connectivity index is 1.43. The quantitative estimate of drug-likeness (QED) is 0.787. The van der Waals surface area contributed by atoms with Crippen LogP contribution in [-0.2, 0) is 13.1 Å². The van der Waals surface area contributed by atoms with Gasteiger partial charge in [-0.15, -0.1) is 0 Å². The van der Waals surface area contributed by atoms with Crippen molar-refractivity contribution < 1.29 is 4.74 Å². The molecule has 0 aromatic heterocycles. The lowest BCUT2D eigenvalue weighted by Gasteiger charge is -2.14. The fourth-order valence-corrected chi connectivity index (χ4v) is 2.70. The molecule has 3 heteroatoms. The van der Waals surface area contributed by atoms with Gasteiger partial charge in [0.1, 0.15) is 5.75 Å². The molecule has 1 aliphatic rings. The van der Waals surface area contributed by atoms with Gasteiger partial charge in [0.15, 0.2) is 0 Å². The van der Waals surface area contributed by atoms with Gasteiger partial charge in [-0.25, -0.2) is 0 Å². The maximum Gasteiger partial charge on any atom is 0.120 e. The first-order chi connectivity index (χ1) is 10.3. The molecule has 0 bridgehead atoms. The Bertz CT molecular complexity index is 635. The summed E-state index contributed by atoms with van der Waals surface area (Å²) in [5, 5.41) is 8.85. The van der Waals surface area contributed by atoms with Crippen molar-refractivity contribution in [1.29, 1.82) is 5.26 Å². The van der Waals surface area contributed by atoms with Crippen LogP contribution in [0, 0.1) is 11.3 Å². The first-order valence-corrected chi connectivity index (χ1v) is 7.27. The molecule has 0 atom stereocenters. The monoisotopic (exact) mass is 278 g/mol. The molecular formula is C18H18N2O. The van der Waals surface area contributed by atoms with Crippen LogP contribution in [0.15, 0.2) is 48.5 Å². The molecule has 0 unspecified atom stereocenters. The summed E-state index contributed by atoms with van der Waals surface area (Å²) in [5.41, 5.74) is 3.53. The van der Waals surface area contributed by atoms with Crippen LogP contribution in [0.2, 0.25) is 0 Å². The van der Waals surface area contributed by atoms with Crippen LogP contribution in [0.4, 0.5) is 0 Å². The Morgan fingerprint density at radius 1 is 1.05 bits per heavy atom. The Hall–Kier alpha value is -2.31. The second kappa shape index (κ2) is 6.43. The predicted molar refractivity (Wildman–Crippen MR) is 81.8 cm³/mol. The smallest absolute Gasteiger partial charge is 0.120 e. The zero-order valence-electron chi connectivity index (χ0n) is 12.0. The van der Waals surface area contributed by atoms with Crippen LogP contribution in [0.5, 0.6) is 5.75 Å². The highest BCUT2D eigenvalue weighted by Crippen LogP contribution is 2.22. The molecule has 0 spiro atoms. The van der Waals surface area contributed by atoms with Crippen LogP contribution >= 0.6 is 0 Å². The average molecular weight is 278 g/mol. The van der Waals surface area contributed by atoms with E-state index in [4.69, 9.17) is 10.00 Å². The SMILES string of the molecule is N#Cc1cccc(OCCCN2Cc3ccccc3C2)c1. The lowest BCUT2D eigenvalue weighted by atomic mass is 10.1. The van der Waals surface area contributed by atoms with Gasteiger partial charge in [0, 0.05) is 19.6 Å². The first kappa shape index (κ1) is 13.7. The summed E-state index contributed by atoms with van der Waals surface area (Å²) in [4.78, 5) is 2.44. The van der Waals surface area contributed by atoms with Crippen molar-refractivity contribution in [2.75, 3.05) is 13.2 Å². The summed E-state index contributed by atoms with van der Waals surface area (Å²) in [7, 11) is 0. The Kier molecular flexibility index (Phi) is 4.18. The van der Waals surface area contributed by atoms with E-state index < -0.39 is 0 Å². The summed E-state index contributed by atoms with van der Waals surface area (Å²) in [6.45, 7) is 3.80. The number of ether oxygens (including phenoxy) is 1. The molecule has 106 valence electrons. The molecular weight excluding hydrogens is 260 g/mol. The minimum Gasteiger partial charge on any atom is -0.494 e. The topological polar surface area (TPSA) is 36.3 Å². The second-order valence-corrected chi connectivity index (χ2v) is 5.32.